The molecule has 80 valence electrons. The average molecular weight is 238 g/mol. The van der Waals surface area contributed by atoms with E-state index in [-0.39, 0.29) is 0 Å². The second kappa shape index (κ2) is 5.61. The third-order valence-corrected chi connectivity index (χ3v) is 4.48. The van der Waals surface area contributed by atoms with Crippen molar-refractivity contribution in [1.82, 2.24) is 0 Å². The van der Waals surface area contributed by atoms with Crippen LogP contribution in [0.5, 0.6) is 0 Å². The molecular weight excluding hydrogens is 224 g/mol. The molecular formula is C12H14OS2. The van der Waals surface area contributed by atoms with Crippen LogP contribution in [-0.4, -0.2) is 23.0 Å². The van der Waals surface area contributed by atoms with E-state index in [0.29, 0.717) is 17.3 Å². The fraction of sp³-hybridized carbons (Fsp3) is 0.417. The van der Waals surface area contributed by atoms with Crippen LogP contribution in [0.2, 0.25) is 0 Å². The van der Waals surface area contributed by atoms with E-state index >= 15 is 0 Å². The predicted molar refractivity (Wildman–Crippen MR) is 68.6 cm³/mol. The van der Waals surface area contributed by atoms with Gasteiger partial charge in [0.2, 0.25) is 0 Å². The van der Waals surface area contributed by atoms with Gasteiger partial charge >= 0.3 is 0 Å². The summed E-state index contributed by atoms with van der Waals surface area (Å²) in [6.45, 7) is 0. The Morgan fingerprint density at radius 2 is 1.67 bits per heavy atom. The number of hydrogen-bond acceptors (Lipinski definition) is 3. The lowest BCUT2D eigenvalue weighted by Gasteiger charge is -2.11. The number of thioether (sulfide) groups is 2. The quantitative estimate of drug-likeness (QED) is 0.692. The number of Topliss-reactive ketones (excluding diaryl/α,β-unsaturated/α-hetero) is 1. The molecule has 1 aliphatic heterocycles. The first-order valence-electron chi connectivity index (χ1n) is 5.10. The summed E-state index contributed by atoms with van der Waals surface area (Å²) in [7, 11) is 0. The maximum absolute atomic E-state index is 11.4. The number of fused-ring (bicyclic) bond motifs is 1. The molecule has 0 radical (unpaired) electrons. The summed E-state index contributed by atoms with van der Waals surface area (Å²) in [6.07, 6.45) is 1.09. The van der Waals surface area contributed by atoms with Crippen LogP contribution in [0.1, 0.15) is 11.1 Å². The largest absolute Gasteiger partial charge is 0.298 e. The van der Waals surface area contributed by atoms with Crippen LogP contribution >= 0.6 is 23.5 Å². The lowest BCUT2D eigenvalue weighted by atomic mass is 10.1. The lowest BCUT2D eigenvalue weighted by molar-refractivity contribution is -0.114. The molecule has 1 aromatic carbocycles. The Labute approximate surface area is 99.0 Å². The van der Waals surface area contributed by atoms with Crippen LogP contribution in [-0.2, 0) is 17.0 Å². The summed E-state index contributed by atoms with van der Waals surface area (Å²) < 4.78 is 0. The Kier molecular flexibility index (Phi) is 4.15. The SMILES string of the molecule is O=C1CSCCc2ccccc2CSC1. The molecule has 1 nitrogen and oxygen atoms in total. The minimum atomic E-state index is 0.379. The van der Waals surface area contributed by atoms with Gasteiger partial charge in [-0.25, -0.2) is 0 Å². The van der Waals surface area contributed by atoms with Crippen molar-refractivity contribution in [2.24, 2.45) is 0 Å². The van der Waals surface area contributed by atoms with E-state index < -0.39 is 0 Å². The van der Waals surface area contributed by atoms with Crippen LogP contribution in [0.25, 0.3) is 0 Å². The molecule has 0 unspecified atom stereocenters. The Balaban J connectivity index is 2.11. The summed E-state index contributed by atoms with van der Waals surface area (Å²) in [5.41, 5.74) is 2.85. The van der Waals surface area contributed by atoms with Crippen molar-refractivity contribution in [3.63, 3.8) is 0 Å². The fourth-order valence-corrected chi connectivity index (χ4v) is 3.53. The second-order valence-electron chi connectivity index (χ2n) is 3.60. The number of carbonyl (C=O) groups excluding carboxylic acids is 1. The molecule has 0 amide bonds. The van der Waals surface area contributed by atoms with Gasteiger partial charge in [0, 0.05) is 5.75 Å². The number of rotatable bonds is 0. The summed E-state index contributed by atoms with van der Waals surface area (Å²) >= 11 is 3.50. The molecule has 15 heavy (non-hydrogen) atoms. The van der Waals surface area contributed by atoms with E-state index in [1.165, 1.54) is 11.1 Å². The fourth-order valence-electron chi connectivity index (χ4n) is 1.63. The van der Waals surface area contributed by atoms with E-state index in [2.05, 4.69) is 24.3 Å². The van der Waals surface area contributed by atoms with Gasteiger partial charge in [-0.05, 0) is 23.3 Å². The zero-order valence-corrected chi connectivity index (χ0v) is 10.2. The van der Waals surface area contributed by atoms with Crippen molar-refractivity contribution in [3.05, 3.63) is 35.4 Å². The van der Waals surface area contributed by atoms with Crippen LogP contribution in [0.3, 0.4) is 0 Å². The molecule has 0 bridgehead atoms. The minimum absolute atomic E-state index is 0.379. The topological polar surface area (TPSA) is 17.1 Å². The van der Waals surface area contributed by atoms with Gasteiger partial charge in [-0.15, -0.1) is 11.8 Å². The van der Waals surface area contributed by atoms with Crippen LogP contribution in [0.4, 0.5) is 0 Å². The number of benzene rings is 1. The summed E-state index contributed by atoms with van der Waals surface area (Å²) in [4.78, 5) is 11.4. The number of aryl methyl sites for hydroxylation is 1. The van der Waals surface area contributed by atoms with Gasteiger partial charge in [0.05, 0.1) is 11.5 Å². The van der Waals surface area contributed by atoms with Crippen molar-refractivity contribution in [2.75, 3.05) is 17.3 Å². The monoisotopic (exact) mass is 238 g/mol. The smallest absolute Gasteiger partial charge is 0.152 e. The van der Waals surface area contributed by atoms with Crippen LogP contribution in [0, 0.1) is 0 Å². The Morgan fingerprint density at radius 1 is 0.933 bits per heavy atom. The summed E-state index contributed by atoms with van der Waals surface area (Å²) in [6, 6.07) is 8.57. The normalized spacial score (nSPS) is 18.3. The first kappa shape index (κ1) is 11.1. The Morgan fingerprint density at radius 3 is 2.53 bits per heavy atom. The molecule has 0 aromatic heterocycles. The molecule has 3 heteroatoms. The Bertz CT molecular complexity index is 349. The van der Waals surface area contributed by atoms with Gasteiger partial charge in [-0.1, -0.05) is 24.3 Å². The zero-order valence-electron chi connectivity index (χ0n) is 8.57. The standard InChI is InChI=1S/C12H14OS2/c13-12-8-14-6-5-10-3-1-2-4-11(10)7-15-9-12/h1-4H,5-9H2. The maximum Gasteiger partial charge on any atom is 0.152 e. The first-order chi connectivity index (χ1) is 7.36. The van der Waals surface area contributed by atoms with Crippen LogP contribution in [0.15, 0.2) is 24.3 Å². The van der Waals surface area contributed by atoms with Crippen LogP contribution < -0.4 is 0 Å². The number of carbonyl (C=O) groups is 1. The third kappa shape index (κ3) is 3.28. The van der Waals surface area contributed by atoms with Crippen molar-refractivity contribution in [3.8, 4) is 0 Å². The number of hydrogen-bond donors (Lipinski definition) is 0. The van der Waals surface area contributed by atoms with Crippen molar-refractivity contribution < 1.29 is 4.79 Å². The molecule has 0 saturated heterocycles. The van der Waals surface area contributed by atoms with E-state index in [9.17, 15) is 4.79 Å². The van der Waals surface area contributed by atoms with Gasteiger partial charge < -0.3 is 0 Å². The van der Waals surface area contributed by atoms with E-state index in [4.69, 9.17) is 0 Å². The highest BCUT2D eigenvalue weighted by Gasteiger charge is 2.08. The average Bonchev–Trinajstić information content (AvgIpc) is 2.26. The minimum Gasteiger partial charge on any atom is -0.298 e. The van der Waals surface area contributed by atoms with Crippen molar-refractivity contribution >= 4 is 29.3 Å². The molecule has 1 aromatic rings. The predicted octanol–water partition coefficient (Wildman–Crippen LogP) is 2.78. The number of ketones is 1. The molecule has 0 N–H and O–H groups in total. The third-order valence-electron chi connectivity index (χ3n) is 2.42. The van der Waals surface area contributed by atoms with Gasteiger partial charge in [-0.3, -0.25) is 4.79 Å². The summed E-state index contributed by atoms with van der Waals surface area (Å²) in [5, 5.41) is 0. The van der Waals surface area contributed by atoms with Crippen molar-refractivity contribution in [1.29, 1.82) is 0 Å². The molecule has 0 aliphatic carbocycles. The molecule has 2 rings (SSSR count). The Hall–Kier alpha value is -0.410. The first-order valence-corrected chi connectivity index (χ1v) is 7.41. The lowest BCUT2D eigenvalue weighted by Crippen LogP contribution is -2.08. The zero-order chi connectivity index (χ0) is 10.5. The molecule has 0 atom stereocenters. The van der Waals surface area contributed by atoms with Gasteiger partial charge in [0.15, 0.2) is 5.78 Å². The highest BCUT2D eigenvalue weighted by molar-refractivity contribution is 8.01. The molecule has 0 saturated carbocycles. The van der Waals surface area contributed by atoms with Gasteiger partial charge in [0.25, 0.3) is 0 Å². The van der Waals surface area contributed by atoms with Crippen molar-refractivity contribution in [2.45, 2.75) is 12.2 Å². The van der Waals surface area contributed by atoms with E-state index in [1.54, 1.807) is 23.5 Å². The highest BCUT2D eigenvalue weighted by Crippen LogP contribution is 2.20. The van der Waals surface area contributed by atoms with E-state index in [1.807, 2.05) is 0 Å². The molecule has 1 heterocycles. The molecule has 1 aliphatic rings. The van der Waals surface area contributed by atoms with Gasteiger partial charge in [0.1, 0.15) is 0 Å². The summed E-state index contributed by atoms with van der Waals surface area (Å²) in [5.74, 6) is 3.78. The van der Waals surface area contributed by atoms with E-state index in [0.717, 1.165) is 17.9 Å². The molecule has 0 spiro atoms. The highest BCUT2D eigenvalue weighted by atomic mass is 32.2. The molecule has 0 fully saturated rings. The van der Waals surface area contributed by atoms with Gasteiger partial charge in [-0.2, -0.15) is 11.8 Å². The maximum atomic E-state index is 11.4. The second-order valence-corrected chi connectivity index (χ2v) is 5.69.